The Morgan fingerprint density at radius 1 is 1.15 bits per heavy atom. The second-order valence-corrected chi connectivity index (χ2v) is 13.2. The lowest BCUT2D eigenvalue weighted by Crippen LogP contribution is -2.56. The molecule has 1 atom stereocenters. The number of morpholine rings is 1. The Hall–Kier alpha value is -4.48. The predicted molar refractivity (Wildman–Crippen MR) is 175 cm³/mol. The van der Waals surface area contributed by atoms with Crippen molar-refractivity contribution >= 4 is 33.2 Å². The molecule has 0 unspecified atom stereocenters. The second-order valence-electron chi connectivity index (χ2n) is 13.2. The molecule has 0 radical (unpaired) electrons. The summed E-state index contributed by atoms with van der Waals surface area (Å²) in [4.78, 5) is 25.2. The molecule has 3 fully saturated rings. The number of hydrogen-bond donors (Lipinski definition) is 1. The summed E-state index contributed by atoms with van der Waals surface area (Å²) in [5.74, 6) is 0.843. The van der Waals surface area contributed by atoms with E-state index in [1.54, 1.807) is 24.0 Å². The van der Waals surface area contributed by atoms with E-state index in [1.165, 1.54) is 24.3 Å². The SMILES string of the molecule is C#Cc1c(F)ccc2cccc(-c3c([N+](=O)[O-])cc4c(N5CCC[C@@](C)(O)C5)nc(OCC5(CN6CCOCC6)COC5)nc4c3F)c12. The minimum atomic E-state index is -1.06. The number of aromatic nitrogens is 2. The van der Waals surface area contributed by atoms with Crippen LogP contribution in [0.2, 0.25) is 0 Å². The standard InChI is InChI=1S/C35H35F2N5O6/c1-3-23-26(36)9-8-22-6-4-7-24(28(22)23)29-27(42(44)45)16-25-31(30(29)37)38-33(39-32(25)41-11-5-10-34(2,43)17-41)48-21-35(19-47-20-35)18-40-12-14-46-15-13-40/h1,4,6-9,16,43H,5,10-15,17-21H2,2H3/t34-/m1/s1. The number of β-amino-alcohol motifs (C(OH)–C–C–N with tert-alkyl or cyclic N) is 1. The number of piperidine rings is 1. The van der Waals surface area contributed by atoms with Crippen LogP contribution in [-0.4, -0.2) is 96.3 Å². The van der Waals surface area contributed by atoms with Crippen LogP contribution in [0.3, 0.4) is 0 Å². The molecule has 0 spiro atoms. The highest BCUT2D eigenvalue weighted by atomic mass is 19.1. The number of rotatable bonds is 8. The van der Waals surface area contributed by atoms with Crippen LogP contribution in [0.1, 0.15) is 25.3 Å². The first-order valence-corrected chi connectivity index (χ1v) is 15.9. The lowest BCUT2D eigenvalue weighted by Gasteiger charge is -2.44. The number of anilines is 1. The zero-order chi connectivity index (χ0) is 33.6. The molecular weight excluding hydrogens is 624 g/mol. The molecule has 4 heterocycles. The van der Waals surface area contributed by atoms with Crippen LogP contribution in [0.15, 0.2) is 36.4 Å². The molecule has 13 heteroatoms. The number of aliphatic hydroxyl groups is 1. The first-order chi connectivity index (χ1) is 23.1. The van der Waals surface area contributed by atoms with Crippen molar-refractivity contribution in [3.8, 4) is 29.5 Å². The minimum absolute atomic E-state index is 0.0608. The minimum Gasteiger partial charge on any atom is -0.463 e. The number of ether oxygens (including phenoxy) is 3. The molecule has 1 aromatic heterocycles. The van der Waals surface area contributed by atoms with Crippen molar-refractivity contribution in [1.29, 1.82) is 0 Å². The largest absolute Gasteiger partial charge is 0.463 e. The Morgan fingerprint density at radius 3 is 2.62 bits per heavy atom. The zero-order valence-corrected chi connectivity index (χ0v) is 26.5. The third-order valence-corrected chi connectivity index (χ3v) is 9.44. The van der Waals surface area contributed by atoms with E-state index >= 15 is 4.39 Å². The number of fused-ring (bicyclic) bond motifs is 2. The number of nitro benzene ring substituents is 1. The third kappa shape index (κ3) is 5.90. The van der Waals surface area contributed by atoms with Gasteiger partial charge in [-0.3, -0.25) is 15.0 Å². The molecule has 7 rings (SSSR count). The molecule has 3 saturated heterocycles. The van der Waals surface area contributed by atoms with Crippen LogP contribution in [0.4, 0.5) is 20.3 Å². The van der Waals surface area contributed by atoms with E-state index in [9.17, 15) is 19.6 Å². The summed E-state index contributed by atoms with van der Waals surface area (Å²) < 4.78 is 49.3. The molecule has 0 amide bonds. The molecule has 3 aromatic carbocycles. The molecule has 48 heavy (non-hydrogen) atoms. The number of terminal acetylenes is 1. The van der Waals surface area contributed by atoms with E-state index in [2.05, 4.69) is 20.8 Å². The van der Waals surface area contributed by atoms with Gasteiger partial charge in [-0.25, -0.2) is 8.78 Å². The summed E-state index contributed by atoms with van der Waals surface area (Å²) >= 11 is 0. The number of nitrogens with zero attached hydrogens (tertiary/aromatic N) is 5. The Bertz CT molecular complexity index is 1950. The van der Waals surface area contributed by atoms with Crippen molar-refractivity contribution in [3.63, 3.8) is 0 Å². The van der Waals surface area contributed by atoms with Gasteiger partial charge >= 0.3 is 6.01 Å². The third-order valence-electron chi connectivity index (χ3n) is 9.44. The van der Waals surface area contributed by atoms with Gasteiger partial charge in [-0.05, 0) is 31.2 Å². The molecule has 0 bridgehead atoms. The van der Waals surface area contributed by atoms with Crippen molar-refractivity contribution in [3.05, 3.63) is 63.7 Å². The van der Waals surface area contributed by atoms with E-state index in [1.807, 2.05) is 0 Å². The smallest absolute Gasteiger partial charge is 0.319 e. The molecule has 4 aromatic rings. The predicted octanol–water partition coefficient (Wildman–Crippen LogP) is 4.70. The number of halogens is 2. The van der Waals surface area contributed by atoms with Crippen LogP contribution in [0.5, 0.6) is 6.01 Å². The van der Waals surface area contributed by atoms with Gasteiger partial charge in [0.25, 0.3) is 5.69 Å². The van der Waals surface area contributed by atoms with Gasteiger partial charge in [0.15, 0.2) is 5.82 Å². The molecule has 1 N–H and O–H groups in total. The fourth-order valence-electron chi connectivity index (χ4n) is 7.05. The first kappa shape index (κ1) is 32.1. The quantitative estimate of drug-likeness (QED) is 0.162. The Morgan fingerprint density at radius 2 is 1.94 bits per heavy atom. The van der Waals surface area contributed by atoms with Gasteiger partial charge in [0.05, 0.1) is 58.9 Å². The van der Waals surface area contributed by atoms with E-state index in [-0.39, 0.29) is 63.4 Å². The van der Waals surface area contributed by atoms with E-state index in [4.69, 9.17) is 20.6 Å². The zero-order valence-electron chi connectivity index (χ0n) is 26.5. The highest BCUT2D eigenvalue weighted by Crippen LogP contribution is 2.44. The Balaban J connectivity index is 1.39. The summed E-state index contributed by atoms with van der Waals surface area (Å²) in [7, 11) is 0. The van der Waals surface area contributed by atoms with Crippen molar-refractivity contribution in [2.45, 2.75) is 25.4 Å². The maximum absolute atomic E-state index is 17.1. The van der Waals surface area contributed by atoms with Gasteiger partial charge < -0.3 is 24.2 Å². The fraction of sp³-hybridized carbons (Fsp3) is 0.429. The number of nitro groups is 1. The van der Waals surface area contributed by atoms with Crippen LogP contribution in [0, 0.1) is 39.5 Å². The van der Waals surface area contributed by atoms with Crippen molar-refractivity contribution in [2.75, 3.05) is 70.7 Å². The van der Waals surface area contributed by atoms with Crippen LogP contribution in [-0.2, 0) is 9.47 Å². The molecule has 11 nitrogen and oxygen atoms in total. The fourth-order valence-corrected chi connectivity index (χ4v) is 7.05. The maximum atomic E-state index is 17.1. The Kier molecular flexibility index (Phi) is 8.37. The number of hydrogen-bond acceptors (Lipinski definition) is 10. The molecule has 3 aliphatic heterocycles. The van der Waals surface area contributed by atoms with Gasteiger partial charge in [0.1, 0.15) is 23.8 Å². The highest BCUT2D eigenvalue weighted by Gasteiger charge is 2.42. The Labute approximate surface area is 275 Å². The molecule has 0 aliphatic carbocycles. The average Bonchev–Trinajstić information content (AvgIpc) is 3.05. The van der Waals surface area contributed by atoms with Crippen molar-refractivity contribution in [2.24, 2.45) is 5.41 Å². The summed E-state index contributed by atoms with van der Waals surface area (Å²) in [5.41, 5.74) is -2.61. The summed E-state index contributed by atoms with van der Waals surface area (Å²) in [6.07, 6.45) is 6.85. The summed E-state index contributed by atoms with van der Waals surface area (Å²) in [5, 5.41) is 24.3. The molecule has 250 valence electrons. The molecule has 3 aliphatic rings. The van der Waals surface area contributed by atoms with Gasteiger partial charge in [-0.2, -0.15) is 9.97 Å². The summed E-state index contributed by atoms with van der Waals surface area (Å²) in [6.45, 7) is 7.08. The van der Waals surface area contributed by atoms with E-state index < -0.39 is 27.8 Å². The maximum Gasteiger partial charge on any atom is 0.319 e. The topological polar surface area (TPSA) is 123 Å². The van der Waals surface area contributed by atoms with Crippen LogP contribution >= 0.6 is 0 Å². The van der Waals surface area contributed by atoms with Crippen LogP contribution in [0.25, 0.3) is 32.8 Å². The lowest BCUT2D eigenvalue weighted by atomic mass is 9.86. The van der Waals surface area contributed by atoms with E-state index in [0.29, 0.717) is 57.7 Å². The summed E-state index contributed by atoms with van der Waals surface area (Å²) in [6, 6.07) is 8.59. The molecule has 0 saturated carbocycles. The number of benzene rings is 3. The van der Waals surface area contributed by atoms with Gasteiger partial charge in [-0.15, -0.1) is 6.42 Å². The normalized spacial score (nSPS) is 21.2. The van der Waals surface area contributed by atoms with Crippen molar-refractivity contribution in [1.82, 2.24) is 14.9 Å². The monoisotopic (exact) mass is 659 g/mol. The van der Waals surface area contributed by atoms with Gasteiger partial charge in [-0.1, -0.05) is 30.2 Å². The highest BCUT2D eigenvalue weighted by molar-refractivity contribution is 6.06. The second kappa shape index (κ2) is 12.5. The van der Waals surface area contributed by atoms with Gasteiger partial charge in [0.2, 0.25) is 0 Å². The van der Waals surface area contributed by atoms with Gasteiger partial charge in [0, 0.05) is 49.7 Å². The first-order valence-electron chi connectivity index (χ1n) is 15.9. The lowest BCUT2D eigenvalue weighted by molar-refractivity contribution is -0.384. The average molecular weight is 660 g/mol. The molecular formula is C35H35F2N5O6. The van der Waals surface area contributed by atoms with E-state index in [0.717, 1.165) is 13.1 Å². The van der Waals surface area contributed by atoms with Crippen molar-refractivity contribution < 1.29 is 33.0 Å². The van der Waals surface area contributed by atoms with Crippen LogP contribution < -0.4 is 9.64 Å².